The third-order valence-corrected chi connectivity index (χ3v) is 5.49. The van der Waals surface area contributed by atoms with Crippen LogP contribution in [0.25, 0.3) is 0 Å². The van der Waals surface area contributed by atoms with Crippen molar-refractivity contribution in [1.82, 2.24) is 10.2 Å². The lowest BCUT2D eigenvalue weighted by atomic mass is 9.80. The van der Waals surface area contributed by atoms with E-state index in [1.165, 1.54) is 19.1 Å². The molecule has 4 heterocycles. The van der Waals surface area contributed by atoms with E-state index in [-0.39, 0.29) is 11.9 Å². The summed E-state index contributed by atoms with van der Waals surface area (Å²) in [4.78, 5) is 15.0. The van der Waals surface area contributed by atoms with Crippen LogP contribution in [0.4, 0.5) is 0 Å². The SMILES string of the molecule is COc1coc(Oc2ccc(C(=O)NC3CN4CCC3CC4C)cc2)c1. The summed E-state index contributed by atoms with van der Waals surface area (Å²) < 4.78 is 15.9. The van der Waals surface area contributed by atoms with Gasteiger partial charge in [0, 0.05) is 24.2 Å². The summed E-state index contributed by atoms with van der Waals surface area (Å²) in [6, 6.07) is 9.63. The molecule has 6 nitrogen and oxygen atoms in total. The van der Waals surface area contributed by atoms with Crippen molar-refractivity contribution in [3.05, 3.63) is 42.2 Å². The molecule has 1 aromatic heterocycles. The lowest BCUT2D eigenvalue weighted by Gasteiger charge is -2.48. The van der Waals surface area contributed by atoms with E-state index in [4.69, 9.17) is 13.9 Å². The zero-order chi connectivity index (χ0) is 18.1. The summed E-state index contributed by atoms with van der Waals surface area (Å²) in [5, 5.41) is 3.21. The maximum absolute atomic E-state index is 12.6. The maximum atomic E-state index is 12.6. The Morgan fingerprint density at radius 3 is 2.69 bits per heavy atom. The summed E-state index contributed by atoms with van der Waals surface area (Å²) in [6.45, 7) is 4.39. The molecule has 3 fully saturated rings. The van der Waals surface area contributed by atoms with E-state index in [1.54, 1.807) is 37.4 Å². The molecule has 0 spiro atoms. The number of ether oxygens (including phenoxy) is 2. The Morgan fingerprint density at radius 1 is 1.27 bits per heavy atom. The summed E-state index contributed by atoms with van der Waals surface area (Å²) in [5.74, 6) is 2.12. The van der Waals surface area contributed by atoms with E-state index in [1.807, 2.05) is 0 Å². The van der Waals surface area contributed by atoms with Gasteiger partial charge in [0.2, 0.25) is 0 Å². The van der Waals surface area contributed by atoms with Crippen LogP contribution in [-0.4, -0.2) is 43.1 Å². The monoisotopic (exact) mass is 356 g/mol. The third kappa shape index (κ3) is 3.42. The van der Waals surface area contributed by atoms with Crippen LogP contribution >= 0.6 is 0 Å². The van der Waals surface area contributed by atoms with Gasteiger partial charge in [0.25, 0.3) is 11.9 Å². The van der Waals surface area contributed by atoms with E-state index < -0.39 is 0 Å². The molecule has 1 amide bonds. The molecule has 4 unspecified atom stereocenters. The van der Waals surface area contributed by atoms with Gasteiger partial charge in [0.05, 0.1) is 13.2 Å². The van der Waals surface area contributed by atoms with Gasteiger partial charge in [-0.2, -0.15) is 0 Å². The van der Waals surface area contributed by atoms with Crippen molar-refractivity contribution in [1.29, 1.82) is 0 Å². The Hall–Kier alpha value is -2.47. The van der Waals surface area contributed by atoms with Crippen molar-refractivity contribution in [2.45, 2.75) is 31.8 Å². The second-order valence-electron chi connectivity index (χ2n) is 7.14. The van der Waals surface area contributed by atoms with Crippen molar-refractivity contribution in [2.75, 3.05) is 20.2 Å². The topological polar surface area (TPSA) is 63.9 Å². The predicted octanol–water partition coefficient (Wildman–Crippen LogP) is 3.29. The second-order valence-corrected chi connectivity index (χ2v) is 7.14. The van der Waals surface area contributed by atoms with Gasteiger partial charge in [0.1, 0.15) is 12.0 Å². The number of carbonyl (C=O) groups excluding carboxylic acids is 1. The number of methoxy groups -OCH3 is 1. The van der Waals surface area contributed by atoms with Gasteiger partial charge in [0.15, 0.2) is 5.75 Å². The molecule has 0 radical (unpaired) electrons. The van der Waals surface area contributed by atoms with Gasteiger partial charge in [-0.3, -0.25) is 9.69 Å². The number of nitrogens with one attached hydrogen (secondary N) is 1. The number of hydrogen-bond donors (Lipinski definition) is 1. The molecule has 138 valence electrons. The molecule has 3 saturated heterocycles. The Kier molecular flexibility index (Phi) is 4.59. The lowest BCUT2D eigenvalue weighted by molar-refractivity contribution is 0.0274. The highest BCUT2D eigenvalue weighted by Crippen LogP contribution is 2.32. The minimum Gasteiger partial charge on any atom is -0.493 e. The number of rotatable bonds is 5. The van der Waals surface area contributed by atoms with E-state index in [0.717, 1.165) is 13.1 Å². The van der Waals surface area contributed by atoms with Gasteiger partial charge < -0.3 is 19.2 Å². The molecular formula is C20H24N2O4. The average molecular weight is 356 g/mol. The number of nitrogens with zero attached hydrogens (tertiary/aromatic N) is 1. The predicted molar refractivity (Wildman–Crippen MR) is 96.8 cm³/mol. The van der Waals surface area contributed by atoms with Crippen molar-refractivity contribution in [3.63, 3.8) is 0 Å². The molecule has 1 N–H and O–H groups in total. The van der Waals surface area contributed by atoms with Crippen LogP contribution in [0.1, 0.15) is 30.1 Å². The number of benzene rings is 1. The fourth-order valence-corrected chi connectivity index (χ4v) is 3.96. The first kappa shape index (κ1) is 17.0. The molecule has 2 bridgehead atoms. The molecule has 3 aliphatic rings. The molecule has 5 rings (SSSR count). The average Bonchev–Trinajstić information content (AvgIpc) is 3.11. The van der Waals surface area contributed by atoms with Crippen molar-refractivity contribution in [3.8, 4) is 17.4 Å². The van der Waals surface area contributed by atoms with Gasteiger partial charge >= 0.3 is 0 Å². The van der Waals surface area contributed by atoms with Crippen LogP contribution in [0.15, 0.2) is 41.0 Å². The minimum absolute atomic E-state index is 0.0254. The highest BCUT2D eigenvalue weighted by Gasteiger charge is 2.38. The summed E-state index contributed by atoms with van der Waals surface area (Å²) in [7, 11) is 1.57. The van der Waals surface area contributed by atoms with Crippen molar-refractivity contribution in [2.24, 2.45) is 5.92 Å². The van der Waals surface area contributed by atoms with Crippen LogP contribution in [0.2, 0.25) is 0 Å². The Morgan fingerprint density at radius 2 is 2.08 bits per heavy atom. The number of piperidine rings is 3. The minimum atomic E-state index is -0.0254. The molecule has 0 aliphatic carbocycles. The van der Waals surface area contributed by atoms with Crippen LogP contribution in [0.5, 0.6) is 17.4 Å². The van der Waals surface area contributed by atoms with Crippen LogP contribution in [0, 0.1) is 5.92 Å². The van der Waals surface area contributed by atoms with Gasteiger partial charge in [-0.05, 0) is 56.5 Å². The van der Waals surface area contributed by atoms with Crippen LogP contribution in [-0.2, 0) is 0 Å². The second kappa shape index (κ2) is 7.03. The van der Waals surface area contributed by atoms with Gasteiger partial charge in [-0.25, -0.2) is 0 Å². The Labute approximate surface area is 153 Å². The fraction of sp³-hybridized carbons (Fsp3) is 0.450. The first-order valence-corrected chi connectivity index (χ1v) is 9.07. The summed E-state index contributed by atoms with van der Waals surface area (Å²) >= 11 is 0. The first-order chi connectivity index (χ1) is 12.6. The number of carbonyl (C=O) groups is 1. The Balaban J connectivity index is 1.36. The molecule has 3 aliphatic heterocycles. The molecule has 0 saturated carbocycles. The van der Waals surface area contributed by atoms with E-state index in [2.05, 4.69) is 17.1 Å². The van der Waals surface area contributed by atoms with Crippen molar-refractivity contribution < 1.29 is 18.7 Å². The molecule has 26 heavy (non-hydrogen) atoms. The van der Waals surface area contributed by atoms with E-state index in [9.17, 15) is 4.79 Å². The third-order valence-electron chi connectivity index (χ3n) is 5.49. The fourth-order valence-electron chi connectivity index (χ4n) is 3.96. The summed E-state index contributed by atoms with van der Waals surface area (Å²) in [5.41, 5.74) is 0.638. The number of fused-ring (bicyclic) bond motifs is 3. The molecule has 6 heteroatoms. The van der Waals surface area contributed by atoms with E-state index in [0.29, 0.717) is 35.0 Å². The Bertz CT molecular complexity index is 770. The smallest absolute Gasteiger partial charge is 0.293 e. The normalized spacial score (nSPS) is 27.2. The zero-order valence-electron chi connectivity index (χ0n) is 15.1. The highest BCUT2D eigenvalue weighted by molar-refractivity contribution is 5.94. The number of hydrogen-bond acceptors (Lipinski definition) is 5. The lowest BCUT2D eigenvalue weighted by Crippen LogP contribution is -2.60. The molecule has 1 aromatic carbocycles. The standard InChI is InChI=1S/C20H24N2O4/c1-13-9-15-7-8-22(13)11-18(15)21-20(23)14-3-5-16(6-4-14)26-19-10-17(24-2)12-25-19/h3-6,10,12-13,15,18H,7-9,11H2,1-2H3,(H,21,23). The first-order valence-electron chi connectivity index (χ1n) is 9.07. The molecule has 4 atom stereocenters. The van der Waals surface area contributed by atoms with Crippen LogP contribution < -0.4 is 14.8 Å². The van der Waals surface area contributed by atoms with E-state index >= 15 is 0 Å². The highest BCUT2D eigenvalue weighted by atomic mass is 16.6. The largest absolute Gasteiger partial charge is 0.493 e. The van der Waals surface area contributed by atoms with Gasteiger partial charge in [-0.1, -0.05) is 0 Å². The molecule has 2 aromatic rings. The van der Waals surface area contributed by atoms with Gasteiger partial charge in [-0.15, -0.1) is 0 Å². The maximum Gasteiger partial charge on any atom is 0.293 e. The summed E-state index contributed by atoms with van der Waals surface area (Å²) in [6.07, 6.45) is 3.82. The van der Waals surface area contributed by atoms with Crippen molar-refractivity contribution >= 4 is 5.91 Å². The van der Waals surface area contributed by atoms with Crippen LogP contribution in [0.3, 0.4) is 0 Å². The molecular weight excluding hydrogens is 332 g/mol. The quantitative estimate of drug-likeness (QED) is 0.891. The zero-order valence-corrected chi connectivity index (χ0v) is 15.1. The number of furan rings is 1. The number of amides is 1.